The molecule has 0 aliphatic carbocycles. The fraction of sp³-hybridized carbons (Fsp3) is 0.417. The fourth-order valence-electron chi connectivity index (χ4n) is 1.84. The molecule has 1 aliphatic heterocycles. The Hall–Kier alpha value is -1.51. The van der Waals surface area contributed by atoms with E-state index in [1.807, 2.05) is 13.8 Å². The minimum absolute atomic E-state index is 0.258. The lowest BCUT2D eigenvalue weighted by molar-refractivity contribution is 0.438. The third-order valence-electron chi connectivity index (χ3n) is 2.56. The number of hydrogen-bond acceptors (Lipinski definition) is 1. The highest BCUT2D eigenvalue weighted by atomic mass is 15.3. The van der Waals surface area contributed by atoms with Gasteiger partial charge >= 0.3 is 0 Å². The predicted molar refractivity (Wildman–Crippen MR) is 62.4 cm³/mol. The normalized spacial score (nSPS) is 15.9. The van der Waals surface area contributed by atoms with Crippen molar-refractivity contribution in [2.24, 2.45) is 10.7 Å². The van der Waals surface area contributed by atoms with Gasteiger partial charge in [-0.1, -0.05) is 24.3 Å². The Labute approximate surface area is 90.6 Å². The molecule has 1 aliphatic rings. The number of fused-ring (bicyclic) bond motifs is 1. The van der Waals surface area contributed by atoms with Crippen molar-refractivity contribution in [3.8, 4) is 0 Å². The summed E-state index contributed by atoms with van der Waals surface area (Å²) in [4.78, 5) is 6.48. The minimum Gasteiger partial charge on any atom is -0.370 e. The van der Waals surface area contributed by atoms with Gasteiger partial charge in [0.1, 0.15) is 0 Å². The lowest BCUT2D eigenvalue weighted by atomic mass is 10.1. The van der Waals surface area contributed by atoms with Gasteiger partial charge in [-0.3, -0.25) is 4.99 Å². The maximum Gasteiger partial charge on any atom is 0.192 e. The van der Waals surface area contributed by atoms with Crippen molar-refractivity contribution in [1.82, 2.24) is 4.90 Å². The number of benzene rings is 1. The number of hydrogen-bond donors (Lipinski definition) is 1. The van der Waals surface area contributed by atoms with Gasteiger partial charge in [-0.25, -0.2) is 0 Å². The van der Waals surface area contributed by atoms with Crippen LogP contribution in [0, 0.1) is 0 Å². The molecule has 1 aromatic rings. The number of nitrogens with two attached hydrogens (primary N) is 1. The number of nitrogens with zero attached hydrogens (tertiary/aromatic N) is 2. The van der Waals surface area contributed by atoms with Gasteiger partial charge in [0.2, 0.25) is 0 Å². The first-order chi connectivity index (χ1) is 7.16. The van der Waals surface area contributed by atoms with Crippen LogP contribution in [-0.4, -0.2) is 16.9 Å². The summed E-state index contributed by atoms with van der Waals surface area (Å²) in [5, 5.41) is 0. The Morgan fingerprint density at radius 1 is 1.27 bits per heavy atom. The topological polar surface area (TPSA) is 41.6 Å². The second-order valence-corrected chi connectivity index (χ2v) is 4.21. The quantitative estimate of drug-likeness (QED) is 0.558. The van der Waals surface area contributed by atoms with E-state index in [-0.39, 0.29) is 6.04 Å². The number of rotatable bonds is 1. The summed E-state index contributed by atoms with van der Waals surface area (Å²) in [7, 11) is 0. The molecule has 0 saturated carbocycles. The van der Waals surface area contributed by atoms with Gasteiger partial charge in [0.05, 0.1) is 0 Å². The predicted octanol–water partition coefficient (Wildman–Crippen LogP) is 1.73. The Morgan fingerprint density at radius 2 is 1.80 bits per heavy atom. The highest BCUT2D eigenvalue weighted by molar-refractivity contribution is 5.79. The first kappa shape index (κ1) is 10.0. The van der Waals surface area contributed by atoms with E-state index in [9.17, 15) is 0 Å². The van der Waals surface area contributed by atoms with E-state index in [4.69, 9.17) is 5.73 Å². The minimum atomic E-state index is 0.258. The van der Waals surface area contributed by atoms with Crippen LogP contribution in [0.5, 0.6) is 0 Å². The smallest absolute Gasteiger partial charge is 0.192 e. The van der Waals surface area contributed by atoms with Crippen LogP contribution < -0.4 is 5.73 Å². The average molecular weight is 203 g/mol. The van der Waals surface area contributed by atoms with E-state index in [1.54, 1.807) is 0 Å². The highest BCUT2D eigenvalue weighted by Crippen LogP contribution is 2.21. The molecule has 15 heavy (non-hydrogen) atoms. The molecule has 3 heteroatoms. The summed E-state index contributed by atoms with van der Waals surface area (Å²) in [5.74, 6) is 0.654. The van der Waals surface area contributed by atoms with Crippen molar-refractivity contribution in [2.75, 3.05) is 0 Å². The molecule has 0 bridgehead atoms. The molecule has 2 N–H and O–H groups in total. The molecule has 0 aromatic heterocycles. The Morgan fingerprint density at radius 3 is 2.27 bits per heavy atom. The summed E-state index contributed by atoms with van der Waals surface area (Å²) in [5.41, 5.74) is 8.66. The third-order valence-corrected chi connectivity index (χ3v) is 2.56. The summed E-state index contributed by atoms with van der Waals surface area (Å²) < 4.78 is 0. The van der Waals surface area contributed by atoms with Crippen LogP contribution in [0.15, 0.2) is 29.3 Å². The molecule has 0 atom stereocenters. The monoisotopic (exact) mass is 203 g/mol. The first-order valence-corrected chi connectivity index (χ1v) is 5.32. The van der Waals surface area contributed by atoms with Gasteiger partial charge in [0.15, 0.2) is 5.96 Å². The maximum atomic E-state index is 5.94. The summed E-state index contributed by atoms with van der Waals surface area (Å²) in [6.07, 6.45) is 0. The van der Waals surface area contributed by atoms with Crippen LogP contribution in [0.4, 0.5) is 0 Å². The standard InChI is InChI=1S/C12H17N3/c1-9(2)14-12(13)15-7-10-5-3-4-6-11(10)8-15/h3-6,9H,7-8H2,1-2H3,(H2,13,14). The molecule has 0 radical (unpaired) electrons. The maximum absolute atomic E-state index is 5.94. The molecule has 0 unspecified atom stereocenters. The van der Waals surface area contributed by atoms with Crippen molar-refractivity contribution < 1.29 is 0 Å². The third kappa shape index (κ3) is 2.12. The van der Waals surface area contributed by atoms with Gasteiger partial charge < -0.3 is 10.6 Å². The zero-order valence-corrected chi connectivity index (χ0v) is 9.27. The fourth-order valence-corrected chi connectivity index (χ4v) is 1.84. The Bertz CT molecular complexity index is 357. The van der Waals surface area contributed by atoms with Crippen molar-refractivity contribution in [2.45, 2.75) is 33.0 Å². The zero-order valence-electron chi connectivity index (χ0n) is 9.27. The summed E-state index contributed by atoms with van der Waals surface area (Å²) >= 11 is 0. The molecule has 2 rings (SSSR count). The van der Waals surface area contributed by atoms with Crippen molar-refractivity contribution >= 4 is 5.96 Å². The first-order valence-electron chi connectivity index (χ1n) is 5.32. The molecule has 1 aromatic carbocycles. The van der Waals surface area contributed by atoms with Gasteiger partial charge in [0.25, 0.3) is 0 Å². The van der Waals surface area contributed by atoms with E-state index in [2.05, 4.69) is 34.2 Å². The molecule has 0 spiro atoms. The SMILES string of the molecule is CC(C)N=C(N)N1Cc2ccccc2C1. The van der Waals surface area contributed by atoms with Gasteiger partial charge in [-0.2, -0.15) is 0 Å². The molecular formula is C12H17N3. The molecule has 0 saturated heterocycles. The van der Waals surface area contributed by atoms with Crippen molar-refractivity contribution in [1.29, 1.82) is 0 Å². The van der Waals surface area contributed by atoms with E-state index < -0.39 is 0 Å². The van der Waals surface area contributed by atoms with Crippen LogP contribution in [0.1, 0.15) is 25.0 Å². The summed E-state index contributed by atoms with van der Waals surface area (Å²) in [6.45, 7) is 5.85. The molecule has 0 amide bonds. The van der Waals surface area contributed by atoms with Gasteiger partial charge in [-0.05, 0) is 25.0 Å². The molecule has 80 valence electrons. The molecule has 1 heterocycles. The summed E-state index contributed by atoms with van der Waals surface area (Å²) in [6, 6.07) is 8.69. The van der Waals surface area contributed by atoms with Crippen molar-refractivity contribution in [3.05, 3.63) is 35.4 Å². The molecular weight excluding hydrogens is 186 g/mol. The second kappa shape index (κ2) is 3.93. The number of guanidine groups is 1. The second-order valence-electron chi connectivity index (χ2n) is 4.21. The van der Waals surface area contributed by atoms with Crippen LogP contribution in [-0.2, 0) is 13.1 Å². The average Bonchev–Trinajstić information content (AvgIpc) is 2.59. The van der Waals surface area contributed by atoms with Crippen LogP contribution in [0.25, 0.3) is 0 Å². The number of aliphatic imine (C=N–C) groups is 1. The Kier molecular flexibility index (Phi) is 2.62. The Balaban J connectivity index is 2.13. The largest absolute Gasteiger partial charge is 0.370 e. The molecule has 0 fully saturated rings. The lowest BCUT2D eigenvalue weighted by Crippen LogP contribution is -2.33. The van der Waals surface area contributed by atoms with Gasteiger partial charge in [0, 0.05) is 19.1 Å². The van der Waals surface area contributed by atoms with Crippen LogP contribution in [0.2, 0.25) is 0 Å². The van der Waals surface area contributed by atoms with E-state index >= 15 is 0 Å². The van der Waals surface area contributed by atoms with Crippen molar-refractivity contribution in [3.63, 3.8) is 0 Å². The molecule has 3 nitrogen and oxygen atoms in total. The van der Waals surface area contributed by atoms with Crippen LogP contribution >= 0.6 is 0 Å². The van der Waals surface area contributed by atoms with Gasteiger partial charge in [-0.15, -0.1) is 0 Å². The lowest BCUT2D eigenvalue weighted by Gasteiger charge is -2.16. The zero-order chi connectivity index (χ0) is 10.8. The van der Waals surface area contributed by atoms with Crippen LogP contribution in [0.3, 0.4) is 0 Å². The van der Waals surface area contributed by atoms with E-state index in [0.29, 0.717) is 5.96 Å². The highest BCUT2D eigenvalue weighted by Gasteiger charge is 2.19. The van der Waals surface area contributed by atoms with E-state index in [0.717, 1.165) is 13.1 Å². The van der Waals surface area contributed by atoms with E-state index in [1.165, 1.54) is 11.1 Å².